The number of rotatable bonds is 5. The predicted octanol–water partition coefficient (Wildman–Crippen LogP) is 1.06. The molecule has 0 aromatic heterocycles. The van der Waals surface area contributed by atoms with Crippen LogP contribution in [0.25, 0.3) is 0 Å². The summed E-state index contributed by atoms with van der Waals surface area (Å²) in [5, 5.41) is 8.61. The van der Waals surface area contributed by atoms with E-state index in [-0.39, 0.29) is 23.1 Å². The molecule has 96 valence electrons. The maximum atomic E-state index is 11.8. The minimum atomic E-state index is -3.69. The number of nitrogens with one attached hydrogen (secondary N) is 1. The normalized spacial score (nSPS) is 11.2. The van der Waals surface area contributed by atoms with E-state index in [1.54, 1.807) is 13.8 Å². The van der Waals surface area contributed by atoms with Gasteiger partial charge in [0.15, 0.2) is 0 Å². The molecule has 0 amide bonds. The Labute approximate surface area is 106 Å². The maximum absolute atomic E-state index is 11.8. The van der Waals surface area contributed by atoms with Gasteiger partial charge >= 0.3 is 0 Å². The van der Waals surface area contributed by atoms with E-state index >= 15 is 0 Å². The second kappa shape index (κ2) is 5.76. The van der Waals surface area contributed by atoms with Crippen LogP contribution in [0.3, 0.4) is 0 Å². The van der Waals surface area contributed by atoms with Gasteiger partial charge < -0.3 is 0 Å². The first-order valence-corrected chi connectivity index (χ1v) is 6.87. The largest absolute Gasteiger partial charge is 0.298 e. The number of hydrogen-bond acceptors (Lipinski definition) is 4. The molecule has 0 atom stereocenters. The van der Waals surface area contributed by atoms with Gasteiger partial charge in [0.05, 0.1) is 23.1 Å². The van der Waals surface area contributed by atoms with Gasteiger partial charge in [-0.15, -0.1) is 0 Å². The quantitative estimate of drug-likeness (QED) is 0.863. The molecule has 6 heteroatoms. The van der Waals surface area contributed by atoms with E-state index in [4.69, 9.17) is 5.26 Å². The van der Waals surface area contributed by atoms with Gasteiger partial charge in [-0.3, -0.25) is 4.79 Å². The van der Waals surface area contributed by atoms with E-state index in [1.165, 1.54) is 24.3 Å². The van der Waals surface area contributed by atoms with Crippen LogP contribution < -0.4 is 4.72 Å². The molecule has 0 aliphatic carbocycles. The molecular formula is C12H14N2O3S. The summed E-state index contributed by atoms with van der Waals surface area (Å²) in [7, 11) is -3.69. The number of ketones is 1. The maximum Gasteiger partial charge on any atom is 0.240 e. The average molecular weight is 266 g/mol. The SMILES string of the molecule is CC(C)C(=O)CNS(=O)(=O)c1ccc(C#N)cc1. The highest BCUT2D eigenvalue weighted by Crippen LogP contribution is 2.09. The fourth-order valence-electron chi connectivity index (χ4n) is 1.16. The van der Waals surface area contributed by atoms with Crippen LogP contribution in [-0.4, -0.2) is 20.7 Å². The van der Waals surface area contributed by atoms with E-state index in [9.17, 15) is 13.2 Å². The zero-order valence-electron chi connectivity index (χ0n) is 10.2. The lowest BCUT2D eigenvalue weighted by Crippen LogP contribution is -2.31. The van der Waals surface area contributed by atoms with Crippen molar-refractivity contribution >= 4 is 15.8 Å². The minimum absolute atomic E-state index is 0.0399. The Morgan fingerprint density at radius 2 is 1.89 bits per heavy atom. The third kappa shape index (κ3) is 3.65. The number of sulfonamides is 1. The summed E-state index contributed by atoms with van der Waals surface area (Å²) >= 11 is 0. The minimum Gasteiger partial charge on any atom is -0.298 e. The van der Waals surface area contributed by atoms with Crippen molar-refractivity contribution in [1.29, 1.82) is 5.26 Å². The van der Waals surface area contributed by atoms with Crippen LogP contribution in [0.1, 0.15) is 19.4 Å². The van der Waals surface area contributed by atoms with Crippen molar-refractivity contribution in [3.63, 3.8) is 0 Å². The molecule has 0 fully saturated rings. The zero-order chi connectivity index (χ0) is 13.8. The fraction of sp³-hybridized carbons (Fsp3) is 0.333. The summed E-state index contributed by atoms with van der Waals surface area (Å²) in [5.74, 6) is -0.388. The Balaban J connectivity index is 2.81. The molecule has 0 saturated carbocycles. The molecule has 0 radical (unpaired) electrons. The number of carbonyl (C=O) groups excluding carboxylic acids is 1. The summed E-state index contributed by atoms with van der Waals surface area (Å²) in [4.78, 5) is 11.4. The highest BCUT2D eigenvalue weighted by molar-refractivity contribution is 7.89. The molecule has 1 aromatic rings. The van der Waals surface area contributed by atoms with Gasteiger partial charge in [0.1, 0.15) is 5.78 Å². The first kappa shape index (κ1) is 14.4. The highest BCUT2D eigenvalue weighted by Gasteiger charge is 2.16. The number of nitriles is 1. The highest BCUT2D eigenvalue weighted by atomic mass is 32.2. The number of nitrogens with zero attached hydrogens (tertiary/aromatic N) is 1. The molecule has 1 N–H and O–H groups in total. The van der Waals surface area contributed by atoms with Crippen molar-refractivity contribution in [2.75, 3.05) is 6.54 Å². The Hall–Kier alpha value is -1.71. The first-order valence-electron chi connectivity index (χ1n) is 5.39. The van der Waals surface area contributed by atoms with E-state index in [0.717, 1.165) is 0 Å². The van der Waals surface area contributed by atoms with Crippen molar-refractivity contribution in [3.8, 4) is 6.07 Å². The van der Waals surface area contributed by atoms with Gasteiger partial charge in [0, 0.05) is 5.92 Å². The summed E-state index contributed by atoms with van der Waals surface area (Å²) < 4.78 is 25.9. The van der Waals surface area contributed by atoms with Crippen LogP contribution in [0.15, 0.2) is 29.2 Å². The second-order valence-corrected chi connectivity index (χ2v) is 5.85. The zero-order valence-corrected chi connectivity index (χ0v) is 11.0. The molecular weight excluding hydrogens is 252 g/mol. The number of benzene rings is 1. The topological polar surface area (TPSA) is 87.0 Å². The third-order valence-corrected chi connectivity index (χ3v) is 3.79. The Kier molecular flexibility index (Phi) is 4.59. The van der Waals surface area contributed by atoms with Crippen LogP contribution in [0.2, 0.25) is 0 Å². The first-order chi connectivity index (χ1) is 8.36. The third-order valence-electron chi connectivity index (χ3n) is 2.37. The van der Waals surface area contributed by atoms with Gasteiger partial charge in [-0.05, 0) is 24.3 Å². The molecule has 0 heterocycles. The van der Waals surface area contributed by atoms with Crippen LogP contribution in [0.4, 0.5) is 0 Å². The van der Waals surface area contributed by atoms with Gasteiger partial charge in [-0.1, -0.05) is 13.8 Å². The molecule has 0 saturated heterocycles. The van der Waals surface area contributed by atoms with E-state index in [1.807, 2.05) is 6.07 Å². The summed E-state index contributed by atoms with van der Waals surface area (Å²) in [6.45, 7) is 3.19. The molecule has 0 aliphatic heterocycles. The van der Waals surface area contributed by atoms with Crippen LogP contribution >= 0.6 is 0 Å². The fourth-order valence-corrected chi connectivity index (χ4v) is 2.16. The Bertz CT molecular complexity index is 568. The standard InChI is InChI=1S/C12H14N2O3S/c1-9(2)12(15)8-14-18(16,17)11-5-3-10(7-13)4-6-11/h3-6,9,14H,8H2,1-2H3. The molecule has 1 aromatic carbocycles. The van der Waals surface area contributed by atoms with Crippen LogP contribution in [-0.2, 0) is 14.8 Å². The van der Waals surface area contributed by atoms with Crippen molar-refractivity contribution in [2.24, 2.45) is 5.92 Å². The van der Waals surface area contributed by atoms with E-state index in [0.29, 0.717) is 5.56 Å². The number of Topliss-reactive ketones (excluding diaryl/α,β-unsaturated/α-hetero) is 1. The Morgan fingerprint density at radius 3 is 2.33 bits per heavy atom. The molecule has 0 spiro atoms. The molecule has 0 aliphatic rings. The monoisotopic (exact) mass is 266 g/mol. The van der Waals surface area contributed by atoms with Crippen molar-refractivity contribution in [1.82, 2.24) is 4.72 Å². The Morgan fingerprint density at radius 1 is 1.33 bits per heavy atom. The molecule has 5 nitrogen and oxygen atoms in total. The second-order valence-electron chi connectivity index (χ2n) is 4.08. The summed E-state index contributed by atoms with van der Waals surface area (Å²) in [6, 6.07) is 7.40. The lowest BCUT2D eigenvalue weighted by Gasteiger charge is -2.07. The van der Waals surface area contributed by atoms with Crippen LogP contribution in [0.5, 0.6) is 0 Å². The van der Waals surface area contributed by atoms with Gasteiger partial charge in [-0.2, -0.15) is 5.26 Å². The molecule has 18 heavy (non-hydrogen) atoms. The van der Waals surface area contributed by atoms with Gasteiger partial charge in [0.25, 0.3) is 0 Å². The van der Waals surface area contributed by atoms with Crippen molar-refractivity contribution < 1.29 is 13.2 Å². The predicted molar refractivity (Wildman–Crippen MR) is 66.2 cm³/mol. The molecule has 0 unspecified atom stereocenters. The molecule has 1 rings (SSSR count). The lowest BCUT2D eigenvalue weighted by atomic mass is 10.1. The lowest BCUT2D eigenvalue weighted by molar-refractivity contribution is -0.120. The molecule has 0 bridgehead atoms. The van der Waals surface area contributed by atoms with Gasteiger partial charge in [0.2, 0.25) is 10.0 Å². The van der Waals surface area contributed by atoms with E-state index < -0.39 is 10.0 Å². The summed E-state index contributed by atoms with van der Waals surface area (Å²) in [5.41, 5.74) is 0.382. The number of carbonyl (C=O) groups is 1. The van der Waals surface area contributed by atoms with Crippen molar-refractivity contribution in [3.05, 3.63) is 29.8 Å². The average Bonchev–Trinajstić information content (AvgIpc) is 2.36. The van der Waals surface area contributed by atoms with Crippen LogP contribution in [0, 0.1) is 17.2 Å². The summed E-state index contributed by atoms with van der Waals surface area (Å²) in [6.07, 6.45) is 0. The van der Waals surface area contributed by atoms with E-state index in [2.05, 4.69) is 4.72 Å². The number of hydrogen-bond donors (Lipinski definition) is 1. The van der Waals surface area contributed by atoms with Gasteiger partial charge in [-0.25, -0.2) is 13.1 Å². The van der Waals surface area contributed by atoms with Crippen molar-refractivity contribution in [2.45, 2.75) is 18.7 Å². The smallest absolute Gasteiger partial charge is 0.240 e.